The maximum Gasteiger partial charge on any atom is 0.354 e. The van der Waals surface area contributed by atoms with E-state index in [-0.39, 0.29) is 5.69 Å². The first-order valence-corrected chi connectivity index (χ1v) is 5.42. The van der Waals surface area contributed by atoms with Gasteiger partial charge < -0.3 is 9.67 Å². The first-order chi connectivity index (χ1) is 6.20. The van der Waals surface area contributed by atoms with Crippen molar-refractivity contribution in [2.45, 2.75) is 12.3 Å². The van der Waals surface area contributed by atoms with Gasteiger partial charge in [-0.25, -0.2) is 4.79 Å². The Balaban J connectivity index is 2.54. The minimum atomic E-state index is -0.942. The average Bonchev–Trinajstić information content (AvgIpc) is 2.39. The maximum absolute atomic E-state index is 10.8. The lowest BCUT2D eigenvalue weighted by molar-refractivity contribution is 0.0685. The van der Waals surface area contributed by atoms with Gasteiger partial charge in [-0.1, -0.05) is 11.6 Å². The van der Waals surface area contributed by atoms with E-state index in [1.165, 1.54) is 0 Å². The Bertz CT molecular complexity index is 361. The molecule has 1 aliphatic heterocycles. The Hall–Kier alpha value is -0.610. The maximum atomic E-state index is 10.8. The molecule has 1 aromatic heterocycles. The van der Waals surface area contributed by atoms with Crippen LogP contribution in [-0.2, 0) is 12.3 Å². The second kappa shape index (κ2) is 3.27. The predicted molar refractivity (Wildman–Crippen MR) is 52.6 cm³/mol. The van der Waals surface area contributed by atoms with Gasteiger partial charge in [-0.15, -0.1) is 0 Å². The van der Waals surface area contributed by atoms with E-state index >= 15 is 0 Å². The van der Waals surface area contributed by atoms with Crippen LogP contribution >= 0.6 is 23.4 Å². The molecule has 0 spiro atoms. The van der Waals surface area contributed by atoms with Crippen LogP contribution < -0.4 is 0 Å². The second-order valence-corrected chi connectivity index (χ2v) is 4.35. The molecule has 0 unspecified atom stereocenters. The lowest BCUT2D eigenvalue weighted by Crippen LogP contribution is -2.15. The van der Waals surface area contributed by atoms with Gasteiger partial charge in [0.05, 0.1) is 5.02 Å². The topological polar surface area (TPSA) is 42.2 Å². The lowest BCUT2D eigenvalue weighted by atomic mass is 10.4. The molecule has 1 N–H and O–H groups in total. The van der Waals surface area contributed by atoms with E-state index in [2.05, 4.69) is 0 Å². The van der Waals surface area contributed by atoms with Gasteiger partial charge in [-0.3, -0.25) is 0 Å². The van der Waals surface area contributed by atoms with Crippen LogP contribution in [0.1, 0.15) is 16.2 Å². The number of halogens is 1. The summed E-state index contributed by atoms with van der Waals surface area (Å²) in [6.45, 7) is 0.744. The Morgan fingerprint density at radius 1 is 1.69 bits per heavy atom. The van der Waals surface area contributed by atoms with Crippen molar-refractivity contribution in [1.82, 2.24) is 4.57 Å². The summed E-state index contributed by atoms with van der Waals surface area (Å²) in [7, 11) is 0. The smallest absolute Gasteiger partial charge is 0.354 e. The van der Waals surface area contributed by atoms with E-state index in [4.69, 9.17) is 16.7 Å². The molecule has 0 saturated carbocycles. The SMILES string of the molecule is O=C(O)c1c(Cl)cc2n1CCSC2. The molecule has 3 nitrogen and oxygen atoms in total. The lowest BCUT2D eigenvalue weighted by Gasteiger charge is -2.15. The number of aromatic carboxylic acids is 1. The highest BCUT2D eigenvalue weighted by Crippen LogP contribution is 2.28. The number of carboxylic acid groups (broad SMARTS) is 1. The average molecular weight is 218 g/mol. The molecule has 2 heterocycles. The van der Waals surface area contributed by atoms with E-state index in [1.807, 2.05) is 0 Å². The van der Waals surface area contributed by atoms with Crippen molar-refractivity contribution in [1.29, 1.82) is 0 Å². The summed E-state index contributed by atoms with van der Waals surface area (Å²) in [5.41, 5.74) is 1.25. The number of carboxylic acids is 1. The Kier molecular flexibility index (Phi) is 2.26. The molecule has 0 bridgehead atoms. The molecule has 0 aromatic carbocycles. The molecule has 70 valence electrons. The standard InChI is InChI=1S/C8H8ClNO2S/c9-6-3-5-4-13-2-1-10(5)7(6)8(11)12/h3H,1-2,4H2,(H,11,12). The van der Waals surface area contributed by atoms with E-state index in [0.29, 0.717) is 5.02 Å². The number of carbonyl (C=O) groups is 1. The zero-order valence-corrected chi connectivity index (χ0v) is 8.36. The van der Waals surface area contributed by atoms with Crippen LogP contribution in [0.2, 0.25) is 5.02 Å². The number of nitrogens with zero attached hydrogens (tertiary/aromatic N) is 1. The fraction of sp³-hybridized carbons (Fsp3) is 0.375. The number of hydrogen-bond acceptors (Lipinski definition) is 2. The van der Waals surface area contributed by atoms with Crippen LogP contribution in [0, 0.1) is 0 Å². The van der Waals surface area contributed by atoms with Gasteiger partial charge in [-0.2, -0.15) is 11.8 Å². The highest BCUT2D eigenvalue weighted by atomic mass is 35.5. The summed E-state index contributed by atoms with van der Waals surface area (Å²) in [5, 5.41) is 9.25. The number of rotatable bonds is 1. The van der Waals surface area contributed by atoms with E-state index in [0.717, 1.165) is 23.7 Å². The van der Waals surface area contributed by atoms with Gasteiger partial charge in [0.25, 0.3) is 0 Å². The number of hydrogen-bond donors (Lipinski definition) is 1. The van der Waals surface area contributed by atoms with Crippen LogP contribution in [0.3, 0.4) is 0 Å². The summed E-state index contributed by atoms with van der Waals surface area (Å²) < 4.78 is 1.79. The third kappa shape index (κ3) is 1.44. The minimum absolute atomic E-state index is 0.233. The van der Waals surface area contributed by atoms with Crippen molar-refractivity contribution in [3.8, 4) is 0 Å². The molecule has 13 heavy (non-hydrogen) atoms. The molecule has 5 heteroatoms. The summed E-state index contributed by atoms with van der Waals surface area (Å²) in [4.78, 5) is 10.8. The van der Waals surface area contributed by atoms with Crippen LogP contribution in [0.25, 0.3) is 0 Å². The monoisotopic (exact) mass is 217 g/mol. The summed E-state index contributed by atoms with van der Waals surface area (Å²) in [6, 6.07) is 1.75. The van der Waals surface area contributed by atoms with Crippen molar-refractivity contribution in [2.24, 2.45) is 0 Å². The predicted octanol–water partition coefficient (Wildman–Crippen LogP) is 2.09. The van der Waals surface area contributed by atoms with Crippen molar-refractivity contribution in [3.63, 3.8) is 0 Å². The van der Waals surface area contributed by atoms with Crippen LogP contribution in [0.5, 0.6) is 0 Å². The molecule has 0 saturated heterocycles. The van der Waals surface area contributed by atoms with Crippen LogP contribution in [0.15, 0.2) is 6.07 Å². The largest absolute Gasteiger partial charge is 0.477 e. The second-order valence-electron chi connectivity index (χ2n) is 2.84. The quantitative estimate of drug-likeness (QED) is 0.783. The van der Waals surface area contributed by atoms with E-state index in [1.54, 1.807) is 22.4 Å². The zero-order valence-electron chi connectivity index (χ0n) is 6.79. The van der Waals surface area contributed by atoms with Gasteiger partial charge in [0.1, 0.15) is 5.69 Å². The molecule has 0 radical (unpaired) electrons. The van der Waals surface area contributed by atoms with Gasteiger partial charge in [0.2, 0.25) is 0 Å². The minimum Gasteiger partial charge on any atom is -0.477 e. The third-order valence-corrected chi connectivity index (χ3v) is 3.31. The molecule has 0 fully saturated rings. The molecule has 0 amide bonds. The summed E-state index contributed by atoms with van der Waals surface area (Å²) in [6.07, 6.45) is 0. The fourth-order valence-electron chi connectivity index (χ4n) is 1.49. The van der Waals surface area contributed by atoms with E-state index in [9.17, 15) is 4.79 Å². The molecule has 1 aromatic rings. The van der Waals surface area contributed by atoms with E-state index < -0.39 is 5.97 Å². The molecule has 2 rings (SSSR count). The number of aromatic nitrogens is 1. The van der Waals surface area contributed by atoms with Crippen molar-refractivity contribution < 1.29 is 9.90 Å². The number of fused-ring (bicyclic) bond motifs is 1. The third-order valence-electron chi connectivity index (χ3n) is 2.05. The molecule has 1 aliphatic rings. The van der Waals surface area contributed by atoms with Crippen LogP contribution in [0.4, 0.5) is 0 Å². The summed E-state index contributed by atoms with van der Waals surface area (Å²) >= 11 is 7.62. The first kappa shape index (κ1) is 8.97. The Morgan fingerprint density at radius 2 is 2.46 bits per heavy atom. The zero-order chi connectivity index (χ0) is 9.42. The molecular weight excluding hydrogens is 210 g/mol. The first-order valence-electron chi connectivity index (χ1n) is 3.89. The molecule has 0 atom stereocenters. The highest BCUT2D eigenvalue weighted by molar-refractivity contribution is 7.98. The van der Waals surface area contributed by atoms with Crippen molar-refractivity contribution in [3.05, 3.63) is 22.5 Å². The van der Waals surface area contributed by atoms with Gasteiger partial charge in [0.15, 0.2) is 0 Å². The number of thioether (sulfide) groups is 1. The fourth-order valence-corrected chi connectivity index (χ4v) is 2.70. The Morgan fingerprint density at radius 3 is 3.15 bits per heavy atom. The highest BCUT2D eigenvalue weighted by Gasteiger charge is 2.21. The van der Waals surface area contributed by atoms with Crippen molar-refractivity contribution in [2.75, 3.05) is 5.75 Å². The van der Waals surface area contributed by atoms with Crippen LogP contribution in [-0.4, -0.2) is 21.4 Å². The van der Waals surface area contributed by atoms with Gasteiger partial charge in [0, 0.05) is 23.7 Å². The molecular formula is C8H8ClNO2S. The van der Waals surface area contributed by atoms with Gasteiger partial charge >= 0.3 is 5.97 Å². The molecule has 0 aliphatic carbocycles. The van der Waals surface area contributed by atoms with Gasteiger partial charge in [-0.05, 0) is 6.07 Å². The normalized spacial score (nSPS) is 15.5. The summed E-state index contributed by atoms with van der Waals surface area (Å²) in [5.74, 6) is 0.869. The Labute approximate surface area is 84.7 Å². The van der Waals surface area contributed by atoms with Crippen molar-refractivity contribution >= 4 is 29.3 Å².